The molecule has 1 rings (SSSR count). The summed E-state index contributed by atoms with van der Waals surface area (Å²) in [7, 11) is 0. The average Bonchev–Trinajstić information content (AvgIpc) is 3.04. The fraction of sp³-hybridized carbons (Fsp3) is 0.750. The Labute approximate surface area is 153 Å². The van der Waals surface area contributed by atoms with E-state index in [1.54, 1.807) is 13.8 Å². The van der Waals surface area contributed by atoms with Crippen molar-refractivity contribution in [3.05, 3.63) is 0 Å². The first kappa shape index (κ1) is 21.7. The lowest BCUT2D eigenvalue weighted by atomic mass is 10.0. The Morgan fingerprint density at radius 1 is 1.23 bits per heavy atom. The highest BCUT2D eigenvalue weighted by Crippen LogP contribution is 2.19. The lowest BCUT2D eigenvalue weighted by molar-refractivity contribution is -0.140. The van der Waals surface area contributed by atoms with Gasteiger partial charge in [-0.2, -0.15) is 0 Å². The Kier molecular flexibility index (Phi) is 8.30. The topological polar surface area (TPSA) is 183 Å². The summed E-state index contributed by atoms with van der Waals surface area (Å²) in [4.78, 5) is 41.9. The van der Waals surface area contributed by atoms with Gasteiger partial charge in [-0.1, -0.05) is 13.8 Å². The van der Waals surface area contributed by atoms with Crippen LogP contribution in [0.3, 0.4) is 0 Å². The highest BCUT2D eigenvalue weighted by atomic mass is 16.2. The Morgan fingerprint density at radius 3 is 2.42 bits per heavy atom. The molecule has 3 amide bonds. The van der Waals surface area contributed by atoms with Crippen molar-refractivity contribution in [1.82, 2.24) is 10.2 Å². The first-order valence-corrected chi connectivity index (χ1v) is 8.86. The van der Waals surface area contributed by atoms with Gasteiger partial charge in [-0.3, -0.25) is 19.4 Å². The Morgan fingerprint density at radius 2 is 1.88 bits per heavy atom. The van der Waals surface area contributed by atoms with Crippen LogP contribution in [0.15, 0.2) is 4.99 Å². The minimum Gasteiger partial charge on any atom is -0.370 e. The zero-order valence-corrected chi connectivity index (χ0v) is 15.5. The molecule has 0 spiro atoms. The number of aliphatic imine (C=N–C) groups is 1. The summed E-state index contributed by atoms with van der Waals surface area (Å²) in [5.41, 5.74) is 21.8. The van der Waals surface area contributed by atoms with Crippen LogP contribution >= 0.6 is 0 Å². The van der Waals surface area contributed by atoms with Gasteiger partial charge < -0.3 is 33.2 Å². The molecule has 0 aromatic heterocycles. The van der Waals surface area contributed by atoms with Crippen molar-refractivity contribution in [2.24, 2.45) is 33.8 Å². The van der Waals surface area contributed by atoms with Crippen molar-refractivity contribution in [3.8, 4) is 0 Å². The molecule has 0 aromatic carbocycles. The molecule has 1 heterocycles. The van der Waals surface area contributed by atoms with Crippen molar-refractivity contribution in [2.45, 2.75) is 57.7 Å². The molecule has 0 aromatic rings. The molecule has 0 bridgehead atoms. The van der Waals surface area contributed by atoms with Gasteiger partial charge in [-0.15, -0.1) is 0 Å². The van der Waals surface area contributed by atoms with E-state index < -0.39 is 24.0 Å². The van der Waals surface area contributed by atoms with Gasteiger partial charge in [-0.25, -0.2) is 0 Å². The predicted molar refractivity (Wildman–Crippen MR) is 98.6 cm³/mol. The molecule has 9 N–H and O–H groups in total. The fourth-order valence-electron chi connectivity index (χ4n) is 2.97. The van der Waals surface area contributed by atoms with Crippen LogP contribution in [0.4, 0.5) is 0 Å². The number of carbonyl (C=O) groups is 3. The third-order valence-corrected chi connectivity index (χ3v) is 4.39. The lowest BCUT2D eigenvalue weighted by Gasteiger charge is -2.28. The number of rotatable bonds is 9. The minimum atomic E-state index is -0.770. The predicted octanol–water partition coefficient (Wildman–Crippen LogP) is -2.02. The van der Waals surface area contributed by atoms with Crippen molar-refractivity contribution < 1.29 is 14.4 Å². The molecule has 1 saturated heterocycles. The Bertz CT molecular complexity index is 546. The standard InChI is InChI=1S/C16H31N7O3/c1-9(2)12(13(18)24)22-14(25)11-6-4-8-23(11)15(26)10(17)5-3-7-21-16(19)20/h9-12H,3-8,17H2,1-2H3,(H2,18,24)(H,22,25)(H4,19,20,21)/t10-,11-,12-/m0/s1. The molecule has 1 fully saturated rings. The second-order valence-electron chi connectivity index (χ2n) is 6.88. The summed E-state index contributed by atoms with van der Waals surface area (Å²) >= 11 is 0. The van der Waals surface area contributed by atoms with Crippen molar-refractivity contribution in [1.29, 1.82) is 0 Å². The number of likely N-dealkylation sites (tertiary alicyclic amines) is 1. The van der Waals surface area contributed by atoms with Crippen LogP contribution in [0, 0.1) is 5.92 Å². The third-order valence-electron chi connectivity index (χ3n) is 4.39. The smallest absolute Gasteiger partial charge is 0.243 e. The molecule has 10 nitrogen and oxygen atoms in total. The molecule has 148 valence electrons. The maximum absolute atomic E-state index is 12.6. The van der Waals surface area contributed by atoms with Crippen molar-refractivity contribution in [3.63, 3.8) is 0 Å². The number of nitrogens with zero attached hydrogens (tertiary/aromatic N) is 2. The Hall–Kier alpha value is -2.36. The molecule has 3 atom stereocenters. The second-order valence-corrected chi connectivity index (χ2v) is 6.88. The van der Waals surface area contributed by atoms with E-state index in [2.05, 4.69) is 10.3 Å². The van der Waals surface area contributed by atoms with E-state index in [0.717, 1.165) is 0 Å². The summed E-state index contributed by atoms with van der Waals surface area (Å²) < 4.78 is 0. The molecular weight excluding hydrogens is 338 g/mol. The van der Waals surface area contributed by atoms with Crippen LogP contribution in [-0.4, -0.2) is 59.8 Å². The number of carbonyl (C=O) groups excluding carboxylic acids is 3. The van der Waals surface area contributed by atoms with E-state index in [-0.39, 0.29) is 23.7 Å². The van der Waals surface area contributed by atoms with Gasteiger partial charge in [0.2, 0.25) is 17.7 Å². The molecule has 0 unspecified atom stereocenters. The zero-order valence-electron chi connectivity index (χ0n) is 15.5. The average molecular weight is 369 g/mol. The van der Waals surface area contributed by atoms with E-state index in [1.807, 2.05) is 0 Å². The largest absolute Gasteiger partial charge is 0.370 e. The zero-order chi connectivity index (χ0) is 19.9. The molecule has 1 aliphatic rings. The molecule has 26 heavy (non-hydrogen) atoms. The van der Waals surface area contributed by atoms with Crippen LogP contribution in [0.1, 0.15) is 39.5 Å². The van der Waals surface area contributed by atoms with Crippen molar-refractivity contribution >= 4 is 23.7 Å². The monoisotopic (exact) mass is 369 g/mol. The second kappa shape index (κ2) is 9.95. The van der Waals surface area contributed by atoms with Gasteiger partial charge in [0.25, 0.3) is 0 Å². The first-order valence-electron chi connectivity index (χ1n) is 8.86. The lowest BCUT2D eigenvalue weighted by Crippen LogP contribution is -2.55. The van der Waals surface area contributed by atoms with Crippen LogP contribution in [0.25, 0.3) is 0 Å². The summed E-state index contributed by atoms with van der Waals surface area (Å²) in [5, 5.41) is 2.65. The normalized spacial score (nSPS) is 19.1. The van der Waals surface area contributed by atoms with Crippen LogP contribution in [-0.2, 0) is 14.4 Å². The van der Waals surface area contributed by atoms with Gasteiger partial charge in [0.05, 0.1) is 6.04 Å². The molecule has 0 aliphatic carbocycles. The highest BCUT2D eigenvalue weighted by Gasteiger charge is 2.37. The number of primary amides is 1. The van der Waals surface area contributed by atoms with E-state index >= 15 is 0 Å². The number of hydrogen-bond acceptors (Lipinski definition) is 5. The van der Waals surface area contributed by atoms with Gasteiger partial charge >= 0.3 is 0 Å². The van der Waals surface area contributed by atoms with Gasteiger partial charge in [-0.05, 0) is 31.6 Å². The molecule has 10 heteroatoms. The maximum atomic E-state index is 12.6. The summed E-state index contributed by atoms with van der Waals surface area (Å²) in [5.74, 6) is -1.40. The van der Waals surface area contributed by atoms with Gasteiger partial charge in [0.15, 0.2) is 5.96 Å². The van der Waals surface area contributed by atoms with Crippen LogP contribution in [0.2, 0.25) is 0 Å². The van der Waals surface area contributed by atoms with Gasteiger partial charge in [0.1, 0.15) is 12.1 Å². The number of amides is 3. The van der Waals surface area contributed by atoms with E-state index in [0.29, 0.717) is 38.8 Å². The van der Waals surface area contributed by atoms with E-state index in [4.69, 9.17) is 22.9 Å². The quantitative estimate of drug-likeness (QED) is 0.177. The summed E-state index contributed by atoms with van der Waals surface area (Å²) in [6.45, 7) is 4.43. The summed E-state index contributed by atoms with van der Waals surface area (Å²) in [6.07, 6.45) is 2.21. The summed E-state index contributed by atoms with van der Waals surface area (Å²) in [6, 6.07) is -2.13. The first-order chi connectivity index (χ1) is 12.1. The number of guanidine groups is 1. The highest BCUT2D eigenvalue weighted by molar-refractivity contribution is 5.93. The van der Waals surface area contributed by atoms with Gasteiger partial charge in [0, 0.05) is 13.1 Å². The third kappa shape index (κ3) is 6.17. The number of nitrogens with one attached hydrogen (secondary N) is 1. The molecule has 0 saturated carbocycles. The van der Waals surface area contributed by atoms with E-state index in [1.165, 1.54) is 4.90 Å². The SMILES string of the molecule is CC(C)[C@H](NC(=O)[C@@H]1CCCN1C(=O)[C@@H](N)CCCN=C(N)N)C(N)=O. The molecule has 1 aliphatic heterocycles. The maximum Gasteiger partial charge on any atom is 0.243 e. The number of hydrogen-bond donors (Lipinski definition) is 5. The molecule has 0 radical (unpaired) electrons. The van der Waals surface area contributed by atoms with Crippen LogP contribution < -0.4 is 28.3 Å². The number of nitrogens with two attached hydrogens (primary N) is 4. The van der Waals surface area contributed by atoms with Crippen molar-refractivity contribution in [2.75, 3.05) is 13.1 Å². The minimum absolute atomic E-state index is 0.00432. The van der Waals surface area contributed by atoms with Crippen LogP contribution in [0.5, 0.6) is 0 Å². The fourth-order valence-corrected chi connectivity index (χ4v) is 2.97. The molecular formula is C16H31N7O3. The Balaban J connectivity index is 2.65. The van der Waals surface area contributed by atoms with E-state index in [9.17, 15) is 14.4 Å².